The number of hydrogen-bond acceptors (Lipinski definition) is 2. The third-order valence-corrected chi connectivity index (χ3v) is 2.95. The van der Waals surface area contributed by atoms with Crippen LogP contribution in [-0.2, 0) is 0 Å². The molecule has 0 aromatic carbocycles. The third-order valence-electron chi connectivity index (χ3n) is 2.95. The number of fused-ring (bicyclic) bond motifs is 1. The molecule has 0 aromatic rings. The van der Waals surface area contributed by atoms with Crippen LogP contribution in [0.15, 0.2) is 0 Å². The Hall–Kier alpha value is -0.770. The summed E-state index contributed by atoms with van der Waals surface area (Å²) in [6.45, 7) is 2.69. The summed E-state index contributed by atoms with van der Waals surface area (Å²) >= 11 is 0. The van der Waals surface area contributed by atoms with Crippen LogP contribution in [0.1, 0.15) is 12.8 Å². The topological polar surface area (TPSA) is 52.6 Å². The van der Waals surface area contributed by atoms with Crippen LogP contribution in [0.4, 0.5) is 4.79 Å². The van der Waals surface area contributed by atoms with E-state index in [1.165, 1.54) is 0 Å². The summed E-state index contributed by atoms with van der Waals surface area (Å²) in [5.74, 6) is 0.565. The number of rotatable bonds is 0. The standard InChI is InChI=1S/C8H14N2O2/c11-8(12)10-4-2-6-5-9-3-1-7(6)10/h6-7,9H,1-5H2,(H,11,12)/t6-,7+/m1/s1. The van der Waals surface area contributed by atoms with E-state index < -0.39 is 6.09 Å². The summed E-state index contributed by atoms with van der Waals surface area (Å²) in [5, 5.41) is 12.2. The average molecular weight is 170 g/mol. The van der Waals surface area contributed by atoms with Crippen LogP contribution in [0.2, 0.25) is 0 Å². The van der Waals surface area contributed by atoms with E-state index in [1.807, 2.05) is 0 Å². The smallest absolute Gasteiger partial charge is 0.407 e. The molecule has 0 radical (unpaired) electrons. The lowest BCUT2D eigenvalue weighted by molar-refractivity contribution is 0.127. The largest absolute Gasteiger partial charge is 0.465 e. The SMILES string of the molecule is O=C(O)N1CC[C@@H]2CNCC[C@@H]21. The highest BCUT2D eigenvalue weighted by Crippen LogP contribution is 2.28. The summed E-state index contributed by atoms with van der Waals surface area (Å²) < 4.78 is 0. The van der Waals surface area contributed by atoms with Crippen molar-refractivity contribution in [2.45, 2.75) is 18.9 Å². The summed E-state index contributed by atoms with van der Waals surface area (Å²) in [5.41, 5.74) is 0. The molecule has 0 aromatic heterocycles. The Morgan fingerprint density at radius 2 is 2.33 bits per heavy atom. The lowest BCUT2D eigenvalue weighted by Gasteiger charge is -2.30. The van der Waals surface area contributed by atoms with Crippen LogP contribution in [-0.4, -0.2) is 41.8 Å². The van der Waals surface area contributed by atoms with Gasteiger partial charge in [0.25, 0.3) is 0 Å². The predicted molar refractivity (Wildman–Crippen MR) is 44.1 cm³/mol. The zero-order valence-electron chi connectivity index (χ0n) is 6.99. The van der Waals surface area contributed by atoms with Crippen molar-refractivity contribution >= 4 is 6.09 Å². The first-order chi connectivity index (χ1) is 5.79. The quantitative estimate of drug-likeness (QED) is 0.551. The molecule has 2 saturated heterocycles. The van der Waals surface area contributed by atoms with Crippen molar-refractivity contribution < 1.29 is 9.90 Å². The molecule has 0 saturated carbocycles. The molecule has 2 aliphatic heterocycles. The number of piperidine rings is 1. The Bertz CT molecular complexity index is 195. The molecule has 2 rings (SSSR count). The number of amides is 1. The molecule has 0 spiro atoms. The van der Waals surface area contributed by atoms with Gasteiger partial charge in [-0.15, -0.1) is 0 Å². The van der Waals surface area contributed by atoms with E-state index in [2.05, 4.69) is 5.32 Å². The fourth-order valence-electron chi connectivity index (χ4n) is 2.32. The zero-order valence-corrected chi connectivity index (χ0v) is 6.99. The van der Waals surface area contributed by atoms with Crippen LogP contribution in [0.5, 0.6) is 0 Å². The van der Waals surface area contributed by atoms with Gasteiger partial charge in [0, 0.05) is 12.6 Å². The van der Waals surface area contributed by atoms with Gasteiger partial charge < -0.3 is 15.3 Å². The molecule has 4 heteroatoms. The minimum Gasteiger partial charge on any atom is -0.465 e. The van der Waals surface area contributed by atoms with Crippen molar-refractivity contribution in [3.8, 4) is 0 Å². The monoisotopic (exact) mass is 170 g/mol. The first-order valence-corrected chi connectivity index (χ1v) is 4.49. The highest BCUT2D eigenvalue weighted by atomic mass is 16.4. The fraction of sp³-hybridized carbons (Fsp3) is 0.875. The minimum atomic E-state index is -0.746. The van der Waals surface area contributed by atoms with Gasteiger partial charge in [0.1, 0.15) is 0 Å². The molecule has 1 amide bonds. The fourth-order valence-corrected chi connectivity index (χ4v) is 2.32. The lowest BCUT2D eigenvalue weighted by atomic mass is 9.94. The molecular weight excluding hydrogens is 156 g/mol. The van der Waals surface area contributed by atoms with Gasteiger partial charge in [0.2, 0.25) is 0 Å². The second-order valence-electron chi connectivity index (χ2n) is 3.58. The van der Waals surface area contributed by atoms with Crippen LogP contribution in [0.25, 0.3) is 0 Å². The number of hydrogen-bond donors (Lipinski definition) is 2. The van der Waals surface area contributed by atoms with Crippen LogP contribution < -0.4 is 5.32 Å². The molecule has 0 aliphatic carbocycles. The highest BCUT2D eigenvalue weighted by Gasteiger charge is 2.37. The van der Waals surface area contributed by atoms with Gasteiger partial charge in [-0.25, -0.2) is 4.79 Å². The summed E-state index contributed by atoms with van der Waals surface area (Å²) in [7, 11) is 0. The van der Waals surface area contributed by atoms with Gasteiger partial charge in [-0.05, 0) is 31.8 Å². The summed E-state index contributed by atoms with van der Waals surface area (Å²) in [6.07, 6.45) is 1.27. The summed E-state index contributed by atoms with van der Waals surface area (Å²) in [6, 6.07) is 0.295. The maximum atomic E-state index is 10.8. The normalized spacial score (nSPS) is 34.8. The first kappa shape index (κ1) is 7.86. The Labute approximate surface area is 71.5 Å². The molecule has 2 heterocycles. The van der Waals surface area contributed by atoms with Gasteiger partial charge in [0.05, 0.1) is 0 Å². The van der Waals surface area contributed by atoms with E-state index in [4.69, 9.17) is 5.11 Å². The Balaban J connectivity index is 2.05. The second kappa shape index (κ2) is 2.94. The van der Waals surface area contributed by atoms with E-state index >= 15 is 0 Å². The molecule has 2 N–H and O–H groups in total. The second-order valence-corrected chi connectivity index (χ2v) is 3.58. The Morgan fingerprint density at radius 3 is 3.08 bits per heavy atom. The lowest BCUT2D eigenvalue weighted by Crippen LogP contribution is -2.45. The molecule has 2 fully saturated rings. The van der Waals surface area contributed by atoms with Gasteiger partial charge in [-0.2, -0.15) is 0 Å². The van der Waals surface area contributed by atoms with E-state index in [0.717, 1.165) is 32.5 Å². The van der Waals surface area contributed by atoms with Crippen LogP contribution in [0.3, 0.4) is 0 Å². The van der Waals surface area contributed by atoms with E-state index in [1.54, 1.807) is 4.90 Å². The molecule has 2 atom stereocenters. The number of nitrogens with one attached hydrogen (secondary N) is 1. The third kappa shape index (κ3) is 1.16. The molecule has 12 heavy (non-hydrogen) atoms. The summed E-state index contributed by atoms with van der Waals surface area (Å²) in [4.78, 5) is 12.4. The molecule has 0 unspecified atom stereocenters. The van der Waals surface area contributed by atoms with Crippen molar-refractivity contribution in [2.24, 2.45) is 5.92 Å². The molecule has 0 bridgehead atoms. The van der Waals surface area contributed by atoms with Gasteiger partial charge in [-0.1, -0.05) is 0 Å². The van der Waals surface area contributed by atoms with Crippen molar-refractivity contribution in [2.75, 3.05) is 19.6 Å². The number of likely N-dealkylation sites (tertiary alicyclic amines) is 1. The van der Waals surface area contributed by atoms with E-state index in [0.29, 0.717) is 12.0 Å². The van der Waals surface area contributed by atoms with Crippen LogP contribution in [0, 0.1) is 5.92 Å². The maximum absolute atomic E-state index is 10.8. The molecule has 68 valence electrons. The molecular formula is C8H14N2O2. The molecule has 2 aliphatic rings. The zero-order chi connectivity index (χ0) is 8.55. The van der Waals surface area contributed by atoms with Crippen molar-refractivity contribution in [3.05, 3.63) is 0 Å². The van der Waals surface area contributed by atoms with Gasteiger partial charge in [-0.3, -0.25) is 0 Å². The maximum Gasteiger partial charge on any atom is 0.407 e. The first-order valence-electron chi connectivity index (χ1n) is 4.49. The minimum absolute atomic E-state index is 0.295. The Morgan fingerprint density at radius 1 is 1.50 bits per heavy atom. The van der Waals surface area contributed by atoms with E-state index in [9.17, 15) is 4.79 Å². The van der Waals surface area contributed by atoms with Gasteiger partial charge >= 0.3 is 6.09 Å². The van der Waals surface area contributed by atoms with Crippen molar-refractivity contribution in [1.29, 1.82) is 0 Å². The number of carbonyl (C=O) groups is 1. The van der Waals surface area contributed by atoms with Crippen molar-refractivity contribution in [1.82, 2.24) is 10.2 Å². The van der Waals surface area contributed by atoms with Crippen molar-refractivity contribution in [3.63, 3.8) is 0 Å². The van der Waals surface area contributed by atoms with Gasteiger partial charge in [0.15, 0.2) is 0 Å². The predicted octanol–water partition coefficient (Wildman–Crippen LogP) is 0.348. The van der Waals surface area contributed by atoms with E-state index in [-0.39, 0.29) is 0 Å². The number of carboxylic acid groups (broad SMARTS) is 1. The number of nitrogens with zero attached hydrogens (tertiary/aromatic N) is 1. The molecule has 4 nitrogen and oxygen atoms in total. The Kier molecular flexibility index (Phi) is 1.92. The highest BCUT2D eigenvalue weighted by molar-refractivity contribution is 5.66. The van der Waals surface area contributed by atoms with Crippen LogP contribution >= 0.6 is 0 Å². The average Bonchev–Trinajstić information content (AvgIpc) is 2.47.